The van der Waals surface area contributed by atoms with E-state index in [4.69, 9.17) is 5.11 Å². The van der Waals surface area contributed by atoms with E-state index in [1.165, 1.54) is 6.92 Å². The molecule has 1 atom stereocenters. The minimum Gasteiger partial charge on any atom is -0.480 e. The fourth-order valence-corrected chi connectivity index (χ4v) is 2.99. The van der Waals surface area contributed by atoms with Gasteiger partial charge < -0.3 is 5.11 Å². The van der Waals surface area contributed by atoms with Gasteiger partial charge in [0, 0.05) is 6.07 Å². The summed E-state index contributed by atoms with van der Waals surface area (Å²) in [5, 5.41) is 7.01. The number of hydrogen-bond donors (Lipinski definition) is 1. The first-order valence-corrected chi connectivity index (χ1v) is 6.27. The molecule has 4 nitrogen and oxygen atoms in total. The van der Waals surface area contributed by atoms with E-state index >= 15 is 0 Å². The summed E-state index contributed by atoms with van der Waals surface area (Å²) in [6.07, 6.45) is -0.200. The Bertz CT molecular complexity index is 539. The zero-order valence-corrected chi connectivity index (χ0v) is 9.67. The lowest BCUT2D eigenvalue weighted by Gasteiger charge is -2.11. The number of carboxylic acid groups (broad SMARTS) is 1. The molecule has 0 amide bonds. The summed E-state index contributed by atoms with van der Waals surface area (Å²) >= 11 is 0. The number of benzene rings is 1. The third-order valence-electron chi connectivity index (χ3n) is 2.22. The normalized spacial score (nSPS) is 13.4. The van der Waals surface area contributed by atoms with Crippen molar-refractivity contribution in [3.63, 3.8) is 0 Å². The fraction of sp³-hybridized carbons (Fsp3) is 0.300. The number of sulfone groups is 1. The number of carbonyl (C=O) groups is 1. The monoisotopic (exact) mass is 264 g/mol. The van der Waals surface area contributed by atoms with Crippen LogP contribution < -0.4 is 0 Å². The van der Waals surface area contributed by atoms with Crippen LogP contribution >= 0.6 is 0 Å². The standard InChI is InChI=1S/C10H10F2O4S/c1-2-8(10(13)14)17(15,16)9-4-3-6(11)5-7(9)12/h3-5,8H,2H2,1H3,(H,13,14). The smallest absolute Gasteiger partial charge is 0.322 e. The number of halogens is 2. The first-order valence-electron chi connectivity index (χ1n) is 4.72. The second-order valence-corrected chi connectivity index (χ2v) is 5.45. The van der Waals surface area contributed by atoms with Gasteiger partial charge in [0.05, 0.1) is 0 Å². The van der Waals surface area contributed by atoms with Crippen molar-refractivity contribution in [2.24, 2.45) is 0 Å². The molecule has 0 fully saturated rings. The van der Waals surface area contributed by atoms with E-state index in [0.29, 0.717) is 6.07 Å². The van der Waals surface area contributed by atoms with E-state index in [1.807, 2.05) is 0 Å². The maximum Gasteiger partial charge on any atom is 0.322 e. The zero-order chi connectivity index (χ0) is 13.2. The molecule has 17 heavy (non-hydrogen) atoms. The van der Waals surface area contributed by atoms with Crippen molar-refractivity contribution in [1.82, 2.24) is 0 Å². The van der Waals surface area contributed by atoms with E-state index in [0.717, 1.165) is 12.1 Å². The van der Waals surface area contributed by atoms with Crippen molar-refractivity contribution < 1.29 is 27.1 Å². The van der Waals surface area contributed by atoms with Gasteiger partial charge in [-0.15, -0.1) is 0 Å². The van der Waals surface area contributed by atoms with Crippen LogP contribution in [0, 0.1) is 11.6 Å². The van der Waals surface area contributed by atoms with Crippen LogP contribution in [-0.2, 0) is 14.6 Å². The van der Waals surface area contributed by atoms with Crippen LogP contribution in [-0.4, -0.2) is 24.7 Å². The van der Waals surface area contributed by atoms with Gasteiger partial charge in [-0.1, -0.05) is 6.92 Å². The molecule has 0 aliphatic rings. The second-order valence-electron chi connectivity index (χ2n) is 3.35. The summed E-state index contributed by atoms with van der Waals surface area (Å²) in [5.74, 6) is -3.77. The number of aliphatic carboxylic acids is 1. The van der Waals surface area contributed by atoms with Crippen LogP contribution in [0.15, 0.2) is 23.1 Å². The molecule has 0 spiro atoms. The molecule has 94 valence electrons. The lowest BCUT2D eigenvalue weighted by Crippen LogP contribution is -2.30. The Labute approximate surface area is 96.8 Å². The van der Waals surface area contributed by atoms with Crippen LogP contribution in [0.25, 0.3) is 0 Å². The van der Waals surface area contributed by atoms with Crippen molar-refractivity contribution in [3.8, 4) is 0 Å². The summed E-state index contributed by atoms with van der Waals surface area (Å²) < 4.78 is 49.5. The molecule has 0 radical (unpaired) electrons. The van der Waals surface area contributed by atoms with Gasteiger partial charge in [-0.3, -0.25) is 4.79 Å². The van der Waals surface area contributed by atoms with Gasteiger partial charge in [0.2, 0.25) is 0 Å². The van der Waals surface area contributed by atoms with Gasteiger partial charge in [0.25, 0.3) is 0 Å². The average Bonchev–Trinajstić information content (AvgIpc) is 2.16. The van der Waals surface area contributed by atoms with Crippen molar-refractivity contribution in [2.45, 2.75) is 23.5 Å². The molecule has 1 aromatic rings. The van der Waals surface area contributed by atoms with Crippen molar-refractivity contribution >= 4 is 15.8 Å². The van der Waals surface area contributed by atoms with Crippen LogP contribution in [0.1, 0.15) is 13.3 Å². The molecule has 0 aliphatic carbocycles. The molecule has 7 heteroatoms. The maximum absolute atomic E-state index is 13.3. The highest BCUT2D eigenvalue weighted by Crippen LogP contribution is 2.22. The van der Waals surface area contributed by atoms with E-state index in [2.05, 4.69) is 0 Å². The first kappa shape index (κ1) is 13.6. The number of hydrogen-bond acceptors (Lipinski definition) is 3. The molecule has 0 bridgehead atoms. The highest BCUT2D eigenvalue weighted by molar-refractivity contribution is 7.92. The van der Waals surface area contributed by atoms with E-state index in [-0.39, 0.29) is 6.42 Å². The highest BCUT2D eigenvalue weighted by Gasteiger charge is 2.34. The van der Waals surface area contributed by atoms with Gasteiger partial charge in [-0.2, -0.15) is 0 Å². The molecule has 0 aliphatic heterocycles. The average molecular weight is 264 g/mol. The van der Waals surface area contributed by atoms with Crippen molar-refractivity contribution in [2.75, 3.05) is 0 Å². The summed E-state index contributed by atoms with van der Waals surface area (Å²) in [6.45, 7) is 1.36. The summed E-state index contributed by atoms with van der Waals surface area (Å²) in [7, 11) is -4.34. The van der Waals surface area contributed by atoms with E-state index in [1.54, 1.807) is 0 Å². The lowest BCUT2D eigenvalue weighted by molar-refractivity contribution is -0.136. The predicted octanol–water partition coefficient (Wildman–Crippen LogP) is 1.60. The first-order chi connectivity index (χ1) is 7.80. The maximum atomic E-state index is 13.3. The predicted molar refractivity (Wildman–Crippen MR) is 55.3 cm³/mol. The summed E-state index contributed by atoms with van der Waals surface area (Å²) in [5.41, 5.74) is 0. The van der Waals surface area contributed by atoms with Crippen LogP contribution in [0.2, 0.25) is 0 Å². The minimum atomic E-state index is -4.34. The zero-order valence-electron chi connectivity index (χ0n) is 8.85. The van der Waals surface area contributed by atoms with Gasteiger partial charge >= 0.3 is 5.97 Å². The van der Waals surface area contributed by atoms with Gasteiger partial charge in [-0.05, 0) is 18.6 Å². The Morgan fingerprint density at radius 1 is 1.41 bits per heavy atom. The molecule has 1 unspecified atom stereocenters. The van der Waals surface area contributed by atoms with Gasteiger partial charge in [0.15, 0.2) is 15.1 Å². The van der Waals surface area contributed by atoms with Crippen molar-refractivity contribution in [1.29, 1.82) is 0 Å². The molecule has 1 N–H and O–H groups in total. The second kappa shape index (κ2) is 4.79. The molecule has 0 aromatic heterocycles. The Morgan fingerprint density at radius 3 is 2.41 bits per heavy atom. The Balaban J connectivity index is 3.35. The molecule has 0 saturated carbocycles. The molecule has 0 saturated heterocycles. The minimum absolute atomic E-state index is 0.200. The Kier molecular flexibility index (Phi) is 3.82. The number of carboxylic acids is 1. The van der Waals surface area contributed by atoms with E-state index < -0.39 is 37.6 Å². The molecule has 1 aromatic carbocycles. The quantitative estimate of drug-likeness (QED) is 0.838. The third-order valence-corrected chi connectivity index (χ3v) is 4.45. The topological polar surface area (TPSA) is 71.4 Å². The van der Waals surface area contributed by atoms with Crippen molar-refractivity contribution in [3.05, 3.63) is 29.8 Å². The summed E-state index contributed by atoms with van der Waals surface area (Å²) in [4.78, 5) is 9.96. The van der Waals surface area contributed by atoms with E-state index in [9.17, 15) is 22.0 Å². The van der Waals surface area contributed by atoms with Crippen LogP contribution in [0.5, 0.6) is 0 Å². The molecule has 1 rings (SSSR count). The lowest BCUT2D eigenvalue weighted by atomic mass is 10.3. The SMILES string of the molecule is CCC(C(=O)O)S(=O)(=O)c1ccc(F)cc1F. The Hall–Kier alpha value is -1.50. The van der Waals surface area contributed by atoms with Gasteiger partial charge in [0.1, 0.15) is 16.5 Å². The summed E-state index contributed by atoms with van der Waals surface area (Å²) in [6, 6.07) is 1.90. The highest BCUT2D eigenvalue weighted by atomic mass is 32.2. The Morgan fingerprint density at radius 2 is 2.00 bits per heavy atom. The van der Waals surface area contributed by atoms with Crippen LogP contribution in [0.4, 0.5) is 8.78 Å². The number of rotatable bonds is 4. The molecular formula is C10H10F2O4S. The largest absolute Gasteiger partial charge is 0.480 e. The molecule has 0 heterocycles. The fourth-order valence-electron chi connectivity index (χ4n) is 1.39. The van der Waals surface area contributed by atoms with Crippen LogP contribution in [0.3, 0.4) is 0 Å². The third kappa shape index (κ3) is 2.60. The van der Waals surface area contributed by atoms with Gasteiger partial charge in [-0.25, -0.2) is 17.2 Å². The molecular weight excluding hydrogens is 254 g/mol.